The van der Waals surface area contributed by atoms with Crippen molar-refractivity contribution in [1.82, 2.24) is 20.1 Å². The Balaban J connectivity index is 2.01. The van der Waals surface area contributed by atoms with Crippen molar-refractivity contribution in [3.8, 4) is 0 Å². The fourth-order valence-corrected chi connectivity index (χ4v) is 2.74. The minimum absolute atomic E-state index is 0.202. The van der Waals surface area contributed by atoms with Crippen LogP contribution in [0.4, 0.5) is 36.2 Å². The number of alkyl halides is 3. The zero-order valence-electron chi connectivity index (χ0n) is 15.7. The van der Waals surface area contributed by atoms with Crippen molar-refractivity contribution < 1.29 is 18.0 Å². The number of rotatable bonds is 6. The van der Waals surface area contributed by atoms with Crippen LogP contribution in [0, 0.1) is 0 Å². The van der Waals surface area contributed by atoms with Crippen molar-refractivity contribution in [2.24, 2.45) is 0 Å². The van der Waals surface area contributed by atoms with Crippen LogP contribution in [-0.2, 0) is 12.7 Å². The molecule has 0 aliphatic rings. The summed E-state index contributed by atoms with van der Waals surface area (Å²) in [6.07, 6.45) is -2.30. The zero-order chi connectivity index (χ0) is 21.0. The predicted octanol–water partition coefficient (Wildman–Crippen LogP) is 4.16. The zero-order valence-corrected chi connectivity index (χ0v) is 15.7. The molecule has 0 bridgehead atoms. The van der Waals surface area contributed by atoms with Gasteiger partial charge >= 0.3 is 6.18 Å². The van der Waals surface area contributed by atoms with Crippen molar-refractivity contribution in [3.05, 3.63) is 59.9 Å². The maximum atomic E-state index is 13.5. The van der Waals surface area contributed by atoms with Crippen LogP contribution in [0.1, 0.15) is 22.8 Å². The lowest BCUT2D eigenvalue weighted by Gasteiger charge is -2.17. The number of aryl methyl sites for hydroxylation is 1. The van der Waals surface area contributed by atoms with E-state index in [1.54, 1.807) is 29.1 Å². The quantitative estimate of drug-likeness (QED) is 0.575. The second-order valence-corrected chi connectivity index (χ2v) is 6.02. The summed E-state index contributed by atoms with van der Waals surface area (Å²) in [6, 6.07) is 9.25. The molecule has 0 spiro atoms. The fourth-order valence-electron chi connectivity index (χ4n) is 2.74. The number of aromatic nitrogens is 3. The topological polar surface area (TPSA) is 83.9 Å². The van der Waals surface area contributed by atoms with E-state index in [1.165, 1.54) is 25.2 Å². The number of para-hydroxylation sites is 1. The van der Waals surface area contributed by atoms with Gasteiger partial charge in [0.05, 0.1) is 28.7 Å². The van der Waals surface area contributed by atoms with Gasteiger partial charge in [0.2, 0.25) is 0 Å². The van der Waals surface area contributed by atoms with E-state index < -0.39 is 17.6 Å². The summed E-state index contributed by atoms with van der Waals surface area (Å²) in [5.41, 5.74) is -0.709. The Morgan fingerprint density at radius 1 is 1.14 bits per heavy atom. The number of carbonyl (C=O) groups is 1. The number of amides is 1. The summed E-state index contributed by atoms with van der Waals surface area (Å²) < 4.78 is 42.2. The highest BCUT2D eigenvalue weighted by Gasteiger charge is 2.34. The van der Waals surface area contributed by atoms with E-state index in [9.17, 15) is 18.0 Å². The van der Waals surface area contributed by atoms with Crippen molar-refractivity contribution in [3.63, 3.8) is 0 Å². The second-order valence-electron chi connectivity index (χ2n) is 6.02. The van der Waals surface area contributed by atoms with Gasteiger partial charge in [-0.25, -0.2) is 9.67 Å². The van der Waals surface area contributed by atoms with E-state index in [-0.39, 0.29) is 22.8 Å². The minimum atomic E-state index is -4.62. The average molecular weight is 404 g/mol. The van der Waals surface area contributed by atoms with Gasteiger partial charge in [-0.15, -0.1) is 0 Å². The molecule has 152 valence electrons. The molecule has 0 aliphatic heterocycles. The van der Waals surface area contributed by atoms with E-state index in [4.69, 9.17) is 0 Å². The minimum Gasteiger partial charge on any atom is -0.355 e. The van der Waals surface area contributed by atoms with Crippen molar-refractivity contribution >= 4 is 28.9 Å². The molecule has 0 atom stereocenters. The normalized spacial score (nSPS) is 11.2. The van der Waals surface area contributed by atoms with Gasteiger partial charge in [-0.3, -0.25) is 4.79 Å². The number of carbonyl (C=O) groups excluding carboxylic acids is 1. The molecule has 3 N–H and O–H groups in total. The molecule has 29 heavy (non-hydrogen) atoms. The Kier molecular flexibility index (Phi) is 5.71. The largest absolute Gasteiger partial charge is 0.419 e. The first-order valence-electron chi connectivity index (χ1n) is 8.77. The van der Waals surface area contributed by atoms with Gasteiger partial charge in [-0.05, 0) is 19.1 Å². The smallest absolute Gasteiger partial charge is 0.355 e. The molecule has 3 rings (SSSR count). The number of benzene rings is 1. The molecule has 0 fully saturated rings. The van der Waals surface area contributed by atoms with E-state index in [2.05, 4.69) is 26.0 Å². The molecule has 1 amide bonds. The third-order valence-corrected chi connectivity index (χ3v) is 4.15. The summed E-state index contributed by atoms with van der Waals surface area (Å²) in [4.78, 5) is 15.9. The highest BCUT2D eigenvalue weighted by Crippen LogP contribution is 2.37. The number of anilines is 4. The Morgan fingerprint density at radius 3 is 2.59 bits per heavy atom. The Hall–Kier alpha value is -3.56. The summed E-state index contributed by atoms with van der Waals surface area (Å²) in [5.74, 6) is 0.380. The molecule has 0 saturated heterocycles. The third kappa shape index (κ3) is 4.48. The maximum absolute atomic E-state index is 13.5. The summed E-state index contributed by atoms with van der Waals surface area (Å²) in [7, 11) is 1.45. The lowest BCUT2D eigenvalue weighted by Crippen LogP contribution is -2.19. The monoisotopic (exact) mass is 404 g/mol. The number of hydrogen-bond acceptors (Lipinski definition) is 5. The molecular formula is C19H19F3N6O. The molecule has 2 heterocycles. The molecular weight excluding hydrogens is 385 g/mol. The first kappa shape index (κ1) is 20.2. The average Bonchev–Trinajstić information content (AvgIpc) is 3.14. The van der Waals surface area contributed by atoms with E-state index in [1.807, 2.05) is 6.92 Å². The second kappa shape index (κ2) is 8.21. The highest BCUT2D eigenvalue weighted by atomic mass is 19.4. The number of nitrogens with one attached hydrogen (secondary N) is 3. The number of hydrogen-bond donors (Lipinski definition) is 3. The summed E-state index contributed by atoms with van der Waals surface area (Å²) >= 11 is 0. The van der Waals surface area contributed by atoms with Gasteiger partial charge in [-0.2, -0.15) is 18.3 Å². The van der Waals surface area contributed by atoms with E-state index in [0.29, 0.717) is 12.4 Å². The third-order valence-electron chi connectivity index (χ3n) is 4.15. The molecule has 0 radical (unpaired) electrons. The Labute approximate surface area is 165 Å². The summed E-state index contributed by atoms with van der Waals surface area (Å²) in [5, 5.41) is 12.3. The van der Waals surface area contributed by atoms with Crippen LogP contribution in [0.2, 0.25) is 0 Å². The predicted molar refractivity (Wildman–Crippen MR) is 104 cm³/mol. The van der Waals surface area contributed by atoms with E-state index >= 15 is 0 Å². The number of nitrogens with zero attached hydrogens (tertiary/aromatic N) is 3. The van der Waals surface area contributed by atoms with Crippen LogP contribution in [0.15, 0.2) is 48.8 Å². The van der Waals surface area contributed by atoms with Crippen LogP contribution in [-0.4, -0.2) is 27.7 Å². The number of pyridine rings is 1. The lowest BCUT2D eigenvalue weighted by atomic mass is 10.1. The molecule has 7 nitrogen and oxygen atoms in total. The molecule has 0 saturated carbocycles. The molecule has 10 heteroatoms. The first-order valence-corrected chi connectivity index (χ1v) is 8.77. The fraction of sp³-hybridized carbons (Fsp3) is 0.211. The van der Waals surface area contributed by atoms with Crippen molar-refractivity contribution in [1.29, 1.82) is 0 Å². The van der Waals surface area contributed by atoms with E-state index in [0.717, 1.165) is 6.20 Å². The van der Waals surface area contributed by atoms with Gasteiger partial charge in [0.1, 0.15) is 11.6 Å². The Morgan fingerprint density at radius 2 is 1.90 bits per heavy atom. The SMILES string of the molecule is CCn1nccc1Nc1cc(Nc2ccccc2C(=O)NC)c(C(F)(F)F)cn1. The van der Waals surface area contributed by atoms with Gasteiger partial charge in [0.15, 0.2) is 0 Å². The number of halogens is 3. The van der Waals surface area contributed by atoms with Crippen LogP contribution in [0.25, 0.3) is 0 Å². The molecule has 3 aromatic rings. The molecule has 0 unspecified atom stereocenters. The van der Waals surface area contributed by atoms with Crippen molar-refractivity contribution in [2.45, 2.75) is 19.6 Å². The maximum Gasteiger partial charge on any atom is 0.419 e. The van der Waals surface area contributed by atoms with Crippen LogP contribution in [0.3, 0.4) is 0 Å². The first-order chi connectivity index (χ1) is 13.8. The van der Waals surface area contributed by atoms with Crippen LogP contribution >= 0.6 is 0 Å². The van der Waals surface area contributed by atoms with Gasteiger partial charge < -0.3 is 16.0 Å². The van der Waals surface area contributed by atoms with Gasteiger partial charge in [-0.1, -0.05) is 12.1 Å². The van der Waals surface area contributed by atoms with Crippen LogP contribution in [0.5, 0.6) is 0 Å². The Bertz CT molecular complexity index is 1020. The van der Waals surface area contributed by atoms with Crippen LogP contribution < -0.4 is 16.0 Å². The molecule has 1 aromatic carbocycles. The highest BCUT2D eigenvalue weighted by molar-refractivity contribution is 6.00. The van der Waals surface area contributed by atoms with Gasteiger partial charge in [0.25, 0.3) is 5.91 Å². The van der Waals surface area contributed by atoms with Crippen molar-refractivity contribution in [2.75, 3.05) is 17.7 Å². The summed E-state index contributed by atoms with van der Waals surface area (Å²) in [6.45, 7) is 2.47. The molecule has 0 aliphatic carbocycles. The standard InChI is InChI=1S/C19H19F3N6O/c1-3-28-17(8-9-25-28)27-16-10-15(13(11-24-16)19(20,21)22)26-14-7-5-4-6-12(14)18(29)23-2/h4-11H,3H2,1-2H3,(H,23,29)(H2,24,26,27). The molecule has 2 aromatic heterocycles. The van der Waals surface area contributed by atoms with Gasteiger partial charge in [0, 0.05) is 31.9 Å². The lowest BCUT2D eigenvalue weighted by molar-refractivity contribution is -0.137.